The Morgan fingerprint density at radius 1 is 1.15 bits per heavy atom. The first-order valence-electron chi connectivity index (χ1n) is 6.47. The van der Waals surface area contributed by atoms with Crippen LogP contribution in [-0.2, 0) is 0 Å². The SMILES string of the molecule is CCCNC(c1ccc(Br)o1)c1cc(Br)c(C)cc1Br. The number of hydrogen-bond acceptors (Lipinski definition) is 2. The van der Waals surface area contributed by atoms with E-state index in [1.807, 2.05) is 12.1 Å². The molecule has 20 heavy (non-hydrogen) atoms. The van der Waals surface area contributed by atoms with Crippen molar-refractivity contribution in [2.45, 2.75) is 26.3 Å². The molecule has 0 radical (unpaired) electrons. The van der Waals surface area contributed by atoms with Gasteiger partial charge in [0.1, 0.15) is 5.76 Å². The molecule has 0 aliphatic carbocycles. The minimum absolute atomic E-state index is 0.0347. The fourth-order valence-corrected chi connectivity index (χ4v) is 3.39. The van der Waals surface area contributed by atoms with Crippen LogP contribution in [0.2, 0.25) is 0 Å². The normalized spacial score (nSPS) is 12.7. The van der Waals surface area contributed by atoms with Gasteiger partial charge in [-0.2, -0.15) is 0 Å². The number of halogens is 3. The van der Waals surface area contributed by atoms with Crippen molar-refractivity contribution >= 4 is 47.8 Å². The lowest BCUT2D eigenvalue weighted by molar-refractivity contribution is 0.432. The van der Waals surface area contributed by atoms with Gasteiger partial charge in [-0.1, -0.05) is 38.8 Å². The number of rotatable bonds is 5. The summed E-state index contributed by atoms with van der Waals surface area (Å²) in [6.45, 7) is 5.17. The lowest BCUT2D eigenvalue weighted by atomic mass is 10.0. The van der Waals surface area contributed by atoms with Crippen molar-refractivity contribution in [3.8, 4) is 0 Å². The van der Waals surface area contributed by atoms with Crippen molar-refractivity contribution in [2.24, 2.45) is 0 Å². The van der Waals surface area contributed by atoms with Gasteiger partial charge in [0, 0.05) is 8.95 Å². The van der Waals surface area contributed by atoms with Gasteiger partial charge in [-0.3, -0.25) is 0 Å². The minimum Gasteiger partial charge on any atom is -0.452 e. The van der Waals surface area contributed by atoms with Crippen LogP contribution < -0.4 is 5.32 Å². The summed E-state index contributed by atoms with van der Waals surface area (Å²) < 4.78 is 8.67. The molecule has 0 fully saturated rings. The highest BCUT2D eigenvalue weighted by Gasteiger charge is 2.20. The third kappa shape index (κ3) is 3.75. The van der Waals surface area contributed by atoms with E-state index >= 15 is 0 Å². The maximum absolute atomic E-state index is 5.74. The van der Waals surface area contributed by atoms with E-state index in [0.29, 0.717) is 0 Å². The summed E-state index contributed by atoms with van der Waals surface area (Å²) in [6.07, 6.45) is 1.07. The van der Waals surface area contributed by atoms with Crippen molar-refractivity contribution in [3.63, 3.8) is 0 Å². The van der Waals surface area contributed by atoms with E-state index in [1.54, 1.807) is 0 Å². The molecule has 1 heterocycles. The number of furan rings is 1. The third-order valence-corrected chi connectivity index (χ3v) is 5.03. The molecule has 0 amide bonds. The minimum atomic E-state index is 0.0347. The van der Waals surface area contributed by atoms with Crippen LogP contribution >= 0.6 is 47.8 Å². The molecule has 2 nitrogen and oxygen atoms in total. The molecule has 0 spiro atoms. The molecule has 1 N–H and O–H groups in total. The van der Waals surface area contributed by atoms with Crippen LogP contribution in [0.4, 0.5) is 0 Å². The lowest BCUT2D eigenvalue weighted by Gasteiger charge is -2.19. The Morgan fingerprint density at radius 2 is 1.90 bits per heavy atom. The fourth-order valence-electron chi connectivity index (χ4n) is 2.02. The first kappa shape index (κ1) is 16.3. The average Bonchev–Trinajstić information content (AvgIpc) is 2.82. The van der Waals surface area contributed by atoms with Crippen molar-refractivity contribution in [2.75, 3.05) is 6.54 Å². The second-order valence-electron chi connectivity index (χ2n) is 4.65. The van der Waals surface area contributed by atoms with Gasteiger partial charge in [0.15, 0.2) is 4.67 Å². The molecular formula is C15H16Br3NO. The standard InChI is InChI=1S/C15H16Br3NO/c1-3-6-19-15(13-4-5-14(18)20-13)10-8-11(16)9(2)7-12(10)17/h4-5,7-8,15,19H,3,6H2,1-2H3. The van der Waals surface area contributed by atoms with Crippen LogP contribution in [0.15, 0.2) is 42.3 Å². The van der Waals surface area contributed by atoms with Gasteiger partial charge in [0.05, 0.1) is 6.04 Å². The van der Waals surface area contributed by atoms with E-state index in [1.165, 1.54) is 5.56 Å². The first-order chi connectivity index (χ1) is 9.52. The largest absolute Gasteiger partial charge is 0.452 e. The summed E-state index contributed by atoms with van der Waals surface area (Å²) in [5.41, 5.74) is 2.37. The molecule has 1 aromatic heterocycles. The van der Waals surface area contributed by atoms with Gasteiger partial charge in [0.25, 0.3) is 0 Å². The Bertz CT molecular complexity index is 595. The topological polar surface area (TPSA) is 25.2 Å². The van der Waals surface area contributed by atoms with E-state index in [-0.39, 0.29) is 6.04 Å². The van der Waals surface area contributed by atoms with E-state index in [4.69, 9.17) is 4.42 Å². The predicted molar refractivity (Wildman–Crippen MR) is 93.1 cm³/mol. The number of aryl methyl sites for hydroxylation is 1. The first-order valence-corrected chi connectivity index (χ1v) is 8.85. The Labute approximate surface area is 144 Å². The van der Waals surface area contributed by atoms with Crippen LogP contribution in [0.3, 0.4) is 0 Å². The van der Waals surface area contributed by atoms with Gasteiger partial charge in [0.2, 0.25) is 0 Å². The zero-order valence-electron chi connectivity index (χ0n) is 11.3. The predicted octanol–water partition coefficient (Wildman–Crippen LogP) is 5.96. The molecular weight excluding hydrogens is 450 g/mol. The average molecular weight is 466 g/mol. The molecule has 2 rings (SSSR count). The van der Waals surface area contributed by atoms with Crippen LogP contribution in [-0.4, -0.2) is 6.54 Å². The van der Waals surface area contributed by atoms with E-state index in [9.17, 15) is 0 Å². The summed E-state index contributed by atoms with van der Waals surface area (Å²) in [4.78, 5) is 0. The molecule has 2 aromatic rings. The van der Waals surface area contributed by atoms with Gasteiger partial charge in [-0.15, -0.1) is 0 Å². The molecule has 0 aliphatic rings. The summed E-state index contributed by atoms with van der Waals surface area (Å²) in [5, 5.41) is 3.54. The maximum atomic E-state index is 5.74. The monoisotopic (exact) mass is 463 g/mol. The second-order valence-corrected chi connectivity index (χ2v) is 7.14. The Kier molecular flexibility index (Phi) is 5.90. The second kappa shape index (κ2) is 7.25. The Morgan fingerprint density at radius 3 is 2.50 bits per heavy atom. The molecule has 1 unspecified atom stereocenters. The van der Waals surface area contributed by atoms with Crippen molar-refractivity contribution in [3.05, 3.63) is 54.8 Å². The van der Waals surface area contributed by atoms with Crippen molar-refractivity contribution in [1.82, 2.24) is 5.32 Å². The quantitative estimate of drug-likeness (QED) is 0.589. The molecule has 0 bridgehead atoms. The Hall–Kier alpha value is -0.100. The summed E-state index contributed by atoms with van der Waals surface area (Å²) >= 11 is 10.6. The van der Waals surface area contributed by atoms with Crippen molar-refractivity contribution < 1.29 is 4.42 Å². The molecule has 1 aromatic carbocycles. The van der Waals surface area contributed by atoms with Gasteiger partial charge >= 0.3 is 0 Å². The highest BCUT2D eigenvalue weighted by Crippen LogP contribution is 2.34. The fraction of sp³-hybridized carbons (Fsp3) is 0.333. The van der Waals surface area contributed by atoms with Crippen LogP contribution in [0, 0.1) is 6.92 Å². The smallest absolute Gasteiger partial charge is 0.169 e. The summed E-state index contributed by atoms with van der Waals surface area (Å²) in [5.74, 6) is 0.904. The molecule has 0 aliphatic heterocycles. The maximum Gasteiger partial charge on any atom is 0.169 e. The van der Waals surface area contributed by atoms with Gasteiger partial charge < -0.3 is 9.73 Å². The zero-order valence-corrected chi connectivity index (χ0v) is 16.1. The van der Waals surface area contributed by atoms with E-state index in [2.05, 4.69) is 79.1 Å². The number of hydrogen-bond donors (Lipinski definition) is 1. The van der Waals surface area contributed by atoms with E-state index < -0.39 is 0 Å². The van der Waals surface area contributed by atoms with Crippen LogP contribution in [0.5, 0.6) is 0 Å². The Balaban J connectivity index is 2.43. The molecule has 0 saturated carbocycles. The highest BCUT2D eigenvalue weighted by molar-refractivity contribution is 9.11. The number of nitrogens with one attached hydrogen (secondary N) is 1. The summed E-state index contributed by atoms with van der Waals surface area (Å²) in [6, 6.07) is 8.22. The van der Waals surface area contributed by atoms with Crippen LogP contribution in [0.25, 0.3) is 0 Å². The third-order valence-electron chi connectivity index (χ3n) is 3.07. The zero-order chi connectivity index (χ0) is 14.7. The lowest BCUT2D eigenvalue weighted by Crippen LogP contribution is -2.23. The van der Waals surface area contributed by atoms with E-state index in [0.717, 1.165) is 37.9 Å². The van der Waals surface area contributed by atoms with Crippen molar-refractivity contribution in [1.29, 1.82) is 0 Å². The highest BCUT2D eigenvalue weighted by atomic mass is 79.9. The molecule has 108 valence electrons. The molecule has 1 atom stereocenters. The molecule has 5 heteroatoms. The van der Waals surface area contributed by atoms with Crippen LogP contribution in [0.1, 0.15) is 36.3 Å². The summed E-state index contributed by atoms with van der Waals surface area (Å²) in [7, 11) is 0. The van der Waals surface area contributed by atoms with Gasteiger partial charge in [-0.05, 0) is 71.2 Å². The van der Waals surface area contributed by atoms with Gasteiger partial charge in [-0.25, -0.2) is 0 Å². The molecule has 0 saturated heterocycles. The number of benzene rings is 1.